The van der Waals surface area contributed by atoms with Crippen LogP contribution in [0.15, 0.2) is 12.4 Å². The Morgan fingerprint density at radius 2 is 2.29 bits per heavy atom. The summed E-state index contributed by atoms with van der Waals surface area (Å²) in [6, 6.07) is 0.428. The molecule has 1 aliphatic carbocycles. The van der Waals surface area contributed by atoms with E-state index >= 15 is 0 Å². The van der Waals surface area contributed by atoms with Crippen molar-refractivity contribution in [2.75, 3.05) is 7.05 Å². The van der Waals surface area contributed by atoms with Gasteiger partial charge in [-0.25, -0.2) is 0 Å². The first-order valence-electron chi connectivity index (χ1n) is 5.05. The second-order valence-electron chi connectivity index (χ2n) is 3.84. The van der Waals surface area contributed by atoms with Crippen molar-refractivity contribution >= 4 is 5.91 Å². The van der Waals surface area contributed by atoms with E-state index in [1.165, 1.54) is 12.8 Å². The number of hydrogen-bond donors (Lipinski definition) is 1. The van der Waals surface area contributed by atoms with Crippen LogP contribution in [0.2, 0.25) is 0 Å². The molecule has 4 heteroatoms. The van der Waals surface area contributed by atoms with E-state index in [2.05, 4.69) is 10.2 Å². The maximum Gasteiger partial charge on any atom is 0.257 e. The van der Waals surface area contributed by atoms with Crippen LogP contribution >= 0.6 is 0 Å². The minimum absolute atomic E-state index is 0.0747. The molecule has 1 aliphatic rings. The van der Waals surface area contributed by atoms with Gasteiger partial charge in [0.2, 0.25) is 0 Å². The largest absolute Gasteiger partial charge is 0.339 e. The van der Waals surface area contributed by atoms with E-state index in [4.69, 9.17) is 0 Å². The van der Waals surface area contributed by atoms with Gasteiger partial charge in [0.15, 0.2) is 0 Å². The maximum atomic E-state index is 11.9. The van der Waals surface area contributed by atoms with Crippen LogP contribution < -0.4 is 0 Å². The SMILES string of the molecule is CN(C(=O)c1cn[nH]c1)C1CCCC1. The van der Waals surface area contributed by atoms with E-state index in [0.29, 0.717) is 11.6 Å². The molecule has 0 atom stereocenters. The third-order valence-corrected chi connectivity index (χ3v) is 2.94. The monoisotopic (exact) mass is 193 g/mol. The first-order valence-corrected chi connectivity index (χ1v) is 5.05. The Balaban J connectivity index is 2.04. The van der Waals surface area contributed by atoms with Gasteiger partial charge in [-0.1, -0.05) is 12.8 Å². The predicted molar refractivity (Wildman–Crippen MR) is 52.9 cm³/mol. The summed E-state index contributed by atoms with van der Waals surface area (Å²) >= 11 is 0. The van der Waals surface area contributed by atoms with Crippen LogP contribution in [0.25, 0.3) is 0 Å². The number of nitrogens with one attached hydrogen (secondary N) is 1. The van der Waals surface area contributed by atoms with Gasteiger partial charge >= 0.3 is 0 Å². The molecule has 4 nitrogen and oxygen atoms in total. The summed E-state index contributed by atoms with van der Waals surface area (Å²) in [5.41, 5.74) is 0.652. The normalized spacial score (nSPS) is 17.2. The van der Waals surface area contributed by atoms with Crippen LogP contribution in [0.5, 0.6) is 0 Å². The summed E-state index contributed by atoms with van der Waals surface area (Å²) in [6.45, 7) is 0. The Bertz CT molecular complexity index is 301. The summed E-state index contributed by atoms with van der Waals surface area (Å²) in [5, 5.41) is 6.44. The highest BCUT2D eigenvalue weighted by Gasteiger charge is 2.24. The van der Waals surface area contributed by atoms with Gasteiger partial charge in [-0.05, 0) is 12.8 Å². The molecular formula is C10H15N3O. The highest BCUT2D eigenvalue weighted by atomic mass is 16.2. The lowest BCUT2D eigenvalue weighted by atomic mass is 10.2. The lowest BCUT2D eigenvalue weighted by molar-refractivity contribution is 0.0735. The Hall–Kier alpha value is -1.32. The standard InChI is InChI=1S/C10H15N3O/c1-13(9-4-2-3-5-9)10(14)8-6-11-12-7-8/h6-7,9H,2-5H2,1H3,(H,11,12). The van der Waals surface area contributed by atoms with Gasteiger partial charge in [0, 0.05) is 19.3 Å². The fourth-order valence-electron chi connectivity index (χ4n) is 2.03. The molecule has 14 heavy (non-hydrogen) atoms. The molecular weight excluding hydrogens is 178 g/mol. The molecule has 0 aromatic carbocycles. The number of rotatable bonds is 2. The molecule has 2 rings (SSSR count). The van der Waals surface area contributed by atoms with Gasteiger partial charge in [0.1, 0.15) is 0 Å². The third-order valence-electron chi connectivity index (χ3n) is 2.94. The first-order chi connectivity index (χ1) is 6.79. The smallest absolute Gasteiger partial charge is 0.257 e. The molecule has 1 amide bonds. The van der Waals surface area contributed by atoms with Crippen molar-refractivity contribution in [3.05, 3.63) is 18.0 Å². The van der Waals surface area contributed by atoms with E-state index in [1.807, 2.05) is 11.9 Å². The van der Waals surface area contributed by atoms with Gasteiger partial charge in [0.05, 0.1) is 11.8 Å². The summed E-state index contributed by atoms with van der Waals surface area (Å²) < 4.78 is 0. The van der Waals surface area contributed by atoms with Crippen molar-refractivity contribution in [3.63, 3.8) is 0 Å². The van der Waals surface area contributed by atoms with Crippen molar-refractivity contribution in [1.82, 2.24) is 15.1 Å². The summed E-state index contributed by atoms with van der Waals surface area (Å²) in [4.78, 5) is 13.7. The molecule has 1 fully saturated rings. The van der Waals surface area contributed by atoms with Gasteiger partial charge in [-0.2, -0.15) is 5.10 Å². The molecule has 76 valence electrons. The van der Waals surface area contributed by atoms with Gasteiger partial charge in [-0.3, -0.25) is 9.89 Å². The zero-order valence-corrected chi connectivity index (χ0v) is 8.36. The quantitative estimate of drug-likeness (QED) is 0.772. The number of amides is 1. The molecule has 1 aromatic heterocycles. The molecule has 1 N–H and O–H groups in total. The van der Waals surface area contributed by atoms with E-state index < -0.39 is 0 Å². The summed E-state index contributed by atoms with van der Waals surface area (Å²) in [5.74, 6) is 0.0747. The third kappa shape index (κ3) is 1.64. The van der Waals surface area contributed by atoms with Crippen LogP contribution in [0, 0.1) is 0 Å². The Morgan fingerprint density at radius 3 is 2.86 bits per heavy atom. The number of carbonyl (C=O) groups excluding carboxylic acids is 1. The lowest BCUT2D eigenvalue weighted by Gasteiger charge is -2.23. The number of carbonyl (C=O) groups is 1. The Labute approximate surface area is 83.3 Å². The summed E-state index contributed by atoms with van der Waals surface area (Å²) in [7, 11) is 1.88. The minimum atomic E-state index is 0.0747. The number of aromatic nitrogens is 2. The molecule has 1 aromatic rings. The van der Waals surface area contributed by atoms with E-state index in [-0.39, 0.29) is 5.91 Å². The number of nitrogens with zero attached hydrogens (tertiary/aromatic N) is 2. The molecule has 0 bridgehead atoms. The summed E-state index contributed by atoms with van der Waals surface area (Å²) in [6.07, 6.45) is 7.99. The van der Waals surface area contributed by atoms with Crippen LogP contribution in [-0.4, -0.2) is 34.1 Å². The molecule has 0 aliphatic heterocycles. The van der Waals surface area contributed by atoms with E-state index in [9.17, 15) is 4.79 Å². The van der Waals surface area contributed by atoms with Gasteiger partial charge in [0.25, 0.3) is 5.91 Å². The molecule has 0 radical (unpaired) electrons. The van der Waals surface area contributed by atoms with Crippen molar-refractivity contribution in [3.8, 4) is 0 Å². The Kier molecular flexibility index (Phi) is 2.52. The van der Waals surface area contributed by atoms with Crippen LogP contribution in [0.1, 0.15) is 36.0 Å². The van der Waals surface area contributed by atoms with Crippen LogP contribution in [0.3, 0.4) is 0 Å². The van der Waals surface area contributed by atoms with Crippen molar-refractivity contribution in [2.45, 2.75) is 31.7 Å². The second kappa shape index (κ2) is 3.82. The predicted octanol–water partition coefficient (Wildman–Crippen LogP) is 1.42. The zero-order valence-electron chi connectivity index (χ0n) is 8.36. The van der Waals surface area contributed by atoms with E-state index in [0.717, 1.165) is 12.8 Å². The number of aromatic amines is 1. The second-order valence-corrected chi connectivity index (χ2v) is 3.84. The molecule has 1 saturated carbocycles. The van der Waals surface area contributed by atoms with Gasteiger partial charge in [-0.15, -0.1) is 0 Å². The average Bonchev–Trinajstić information content (AvgIpc) is 2.87. The maximum absolute atomic E-state index is 11.9. The Morgan fingerprint density at radius 1 is 1.57 bits per heavy atom. The fourth-order valence-corrected chi connectivity index (χ4v) is 2.03. The highest BCUT2D eigenvalue weighted by molar-refractivity contribution is 5.93. The molecule has 0 saturated heterocycles. The van der Waals surface area contributed by atoms with Crippen molar-refractivity contribution in [1.29, 1.82) is 0 Å². The highest BCUT2D eigenvalue weighted by Crippen LogP contribution is 2.23. The molecule has 1 heterocycles. The zero-order chi connectivity index (χ0) is 9.97. The molecule has 0 unspecified atom stereocenters. The minimum Gasteiger partial charge on any atom is -0.339 e. The first kappa shape index (κ1) is 9.24. The van der Waals surface area contributed by atoms with Crippen LogP contribution in [0.4, 0.5) is 0 Å². The van der Waals surface area contributed by atoms with Gasteiger partial charge < -0.3 is 4.90 Å². The van der Waals surface area contributed by atoms with Crippen molar-refractivity contribution < 1.29 is 4.79 Å². The number of H-pyrrole nitrogens is 1. The lowest BCUT2D eigenvalue weighted by Crippen LogP contribution is -2.34. The fraction of sp³-hybridized carbons (Fsp3) is 0.600. The number of hydrogen-bond acceptors (Lipinski definition) is 2. The average molecular weight is 193 g/mol. The topological polar surface area (TPSA) is 49.0 Å². The molecule has 0 spiro atoms. The van der Waals surface area contributed by atoms with Crippen LogP contribution in [-0.2, 0) is 0 Å². The van der Waals surface area contributed by atoms with E-state index in [1.54, 1.807) is 12.4 Å². The van der Waals surface area contributed by atoms with Crippen molar-refractivity contribution in [2.24, 2.45) is 0 Å².